The molecule has 0 saturated carbocycles. The van der Waals surface area contributed by atoms with Crippen LogP contribution in [0.3, 0.4) is 0 Å². The van der Waals surface area contributed by atoms with E-state index in [1.165, 1.54) is 12.5 Å². The fourth-order valence-electron chi connectivity index (χ4n) is 4.43. The molecule has 14 nitrogen and oxygen atoms in total. The molecule has 44 heavy (non-hydrogen) atoms. The number of guanidine groups is 1. The van der Waals surface area contributed by atoms with Gasteiger partial charge in [0.25, 0.3) is 0 Å². The molecule has 0 bridgehead atoms. The lowest BCUT2D eigenvalue weighted by Gasteiger charge is -2.25. The molecule has 0 saturated heterocycles. The fourth-order valence-corrected chi connectivity index (χ4v) is 4.43. The maximum atomic E-state index is 13.6. The molecule has 0 aliphatic rings. The summed E-state index contributed by atoms with van der Waals surface area (Å²) in [7, 11) is 0. The second-order valence-electron chi connectivity index (χ2n) is 10.2. The topological polar surface area (TPSA) is 244 Å². The number of imidazole rings is 1. The minimum atomic E-state index is -1.25. The highest BCUT2D eigenvalue weighted by molar-refractivity contribution is 5.94. The maximum absolute atomic E-state index is 13.6. The maximum Gasteiger partial charge on any atom is 0.326 e. The van der Waals surface area contributed by atoms with Crippen molar-refractivity contribution in [3.05, 3.63) is 90.0 Å². The number of H-pyrrole nitrogens is 1. The second-order valence-corrected chi connectivity index (χ2v) is 10.2. The van der Waals surface area contributed by atoms with E-state index in [0.29, 0.717) is 17.7 Å². The molecule has 3 amide bonds. The van der Waals surface area contributed by atoms with Crippen LogP contribution >= 0.6 is 0 Å². The number of benzene rings is 2. The average molecular weight is 606 g/mol. The van der Waals surface area contributed by atoms with Gasteiger partial charge < -0.3 is 43.2 Å². The van der Waals surface area contributed by atoms with Crippen molar-refractivity contribution in [3.8, 4) is 0 Å². The van der Waals surface area contributed by atoms with Crippen molar-refractivity contribution in [1.82, 2.24) is 25.9 Å². The lowest BCUT2D eigenvalue weighted by atomic mass is 10.0. The Bertz CT molecular complexity index is 1380. The summed E-state index contributed by atoms with van der Waals surface area (Å²) in [5.74, 6) is -3.28. The third-order valence-corrected chi connectivity index (χ3v) is 6.72. The zero-order valence-corrected chi connectivity index (χ0v) is 24.2. The van der Waals surface area contributed by atoms with Crippen LogP contribution in [-0.4, -0.2) is 75.4 Å². The quantitative estimate of drug-likeness (QED) is 0.0553. The second kappa shape index (κ2) is 17.0. The smallest absolute Gasteiger partial charge is 0.326 e. The van der Waals surface area contributed by atoms with E-state index in [4.69, 9.17) is 17.2 Å². The van der Waals surface area contributed by atoms with E-state index in [0.717, 1.165) is 5.56 Å². The summed E-state index contributed by atoms with van der Waals surface area (Å²) in [5, 5.41) is 17.7. The summed E-state index contributed by atoms with van der Waals surface area (Å²) in [5.41, 5.74) is 19.0. The zero-order valence-electron chi connectivity index (χ0n) is 24.2. The highest BCUT2D eigenvalue weighted by atomic mass is 16.4. The molecule has 0 aliphatic carbocycles. The predicted octanol–water partition coefficient (Wildman–Crippen LogP) is -0.642. The number of carboxylic acid groups (broad SMARTS) is 1. The van der Waals surface area contributed by atoms with Crippen LogP contribution in [0, 0.1) is 0 Å². The first-order valence-corrected chi connectivity index (χ1v) is 14.1. The minimum Gasteiger partial charge on any atom is -0.480 e. The molecule has 14 heteroatoms. The summed E-state index contributed by atoms with van der Waals surface area (Å²) >= 11 is 0. The molecule has 3 aromatic rings. The number of nitrogens with zero attached hydrogens (tertiary/aromatic N) is 2. The van der Waals surface area contributed by atoms with Crippen molar-refractivity contribution in [1.29, 1.82) is 0 Å². The Morgan fingerprint density at radius 1 is 0.795 bits per heavy atom. The van der Waals surface area contributed by atoms with Gasteiger partial charge in [0.15, 0.2) is 5.96 Å². The summed E-state index contributed by atoms with van der Waals surface area (Å²) in [4.78, 5) is 62.8. The first kappa shape index (κ1) is 33.3. The molecular formula is C30H39N9O5. The van der Waals surface area contributed by atoms with E-state index in [2.05, 4.69) is 30.9 Å². The van der Waals surface area contributed by atoms with E-state index in [1.807, 2.05) is 30.3 Å². The number of aromatic nitrogens is 2. The summed E-state index contributed by atoms with van der Waals surface area (Å²) < 4.78 is 0. The Kier molecular flexibility index (Phi) is 12.9. The van der Waals surface area contributed by atoms with Crippen LogP contribution in [0.2, 0.25) is 0 Å². The van der Waals surface area contributed by atoms with Crippen LogP contribution in [-0.2, 0) is 38.4 Å². The number of aromatic amines is 1. The van der Waals surface area contributed by atoms with Crippen LogP contribution in [0.15, 0.2) is 78.2 Å². The first-order valence-electron chi connectivity index (χ1n) is 14.1. The van der Waals surface area contributed by atoms with E-state index in [9.17, 15) is 24.3 Å². The number of hydrogen-bond donors (Lipinski definition) is 8. The van der Waals surface area contributed by atoms with Gasteiger partial charge >= 0.3 is 5.97 Å². The fraction of sp³-hybridized carbons (Fsp3) is 0.333. The third kappa shape index (κ3) is 11.2. The molecule has 4 unspecified atom stereocenters. The molecule has 0 radical (unpaired) electrons. The molecule has 1 heterocycles. The van der Waals surface area contributed by atoms with Crippen molar-refractivity contribution in [2.45, 2.75) is 56.3 Å². The standard InChI is InChI=1S/C30H39N9O5/c31-22(14-19-8-3-1-4-9-19)26(40)37-23(12-7-13-35-30(32)33)27(41)38-24(16-21-17-34-18-36-21)28(42)39-25(29(43)44)15-20-10-5-2-6-11-20/h1-6,8-11,17-18,22-25H,7,12-16,31H2,(H,34,36)(H,37,40)(H,38,41)(H,39,42)(H,43,44)(H4,32,33,35). The Labute approximate surface area is 254 Å². The van der Waals surface area contributed by atoms with Gasteiger partial charge in [0.05, 0.1) is 12.4 Å². The van der Waals surface area contributed by atoms with Gasteiger partial charge in [0.2, 0.25) is 17.7 Å². The Balaban J connectivity index is 1.76. The molecular weight excluding hydrogens is 566 g/mol. The van der Waals surface area contributed by atoms with Crippen molar-refractivity contribution in [3.63, 3.8) is 0 Å². The van der Waals surface area contributed by atoms with E-state index < -0.39 is 47.9 Å². The van der Waals surface area contributed by atoms with Gasteiger partial charge in [0, 0.05) is 31.3 Å². The molecule has 2 aromatic carbocycles. The zero-order chi connectivity index (χ0) is 31.9. The van der Waals surface area contributed by atoms with Crippen molar-refractivity contribution < 1.29 is 24.3 Å². The van der Waals surface area contributed by atoms with E-state index >= 15 is 0 Å². The summed E-state index contributed by atoms with van der Waals surface area (Å²) in [6.07, 6.45) is 3.64. The molecule has 0 aliphatic heterocycles. The number of carbonyl (C=O) groups is 4. The normalized spacial score (nSPS) is 13.5. The van der Waals surface area contributed by atoms with Gasteiger partial charge in [-0.05, 0) is 30.4 Å². The number of rotatable bonds is 17. The highest BCUT2D eigenvalue weighted by Gasteiger charge is 2.31. The monoisotopic (exact) mass is 605 g/mol. The molecule has 0 spiro atoms. The number of nitrogens with one attached hydrogen (secondary N) is 4. The SMILES string of the molecule is NC(N)=NCCCC(NC(=O)C(N)Cc1ccccc1)C(=O)NC(Cc1cnc[nH]1)C(=O)NC(Cc1ccccc1)C(=O)O. The largest absolute Gasteiger partial charge is 0.480 e. The average Bonchev–Trinajstić information content (AvgIpc) is 3.52. The number of carboxylic acids is 1. The molecule has 4 atom stereocenters. The van der Waals surface area contributed by atoms with Gasteiger partial charge in [-0.1, -0.05) is 60.7 Å². The Morgan fingerprint density at radius 2 is 1.36 bits per heavy atom. The van der Waals surface area contributed by atoms with Crippen LogP contribution in [0.25, 0.3) is 0 Å². The Morgan fingerprint density at radius 3 is 1.93 bits per heavy atom. The van der Waals surface area contributed by atoms with E-state index in [1.54, 1.807) is 30.3 Å². The Hall–Kier alpha value is -5.24. The summed E-state index contributed by atoms with van der Waals surface area (Å²) in [6, 6.07) is 13.6. The number of hydrogen-bond acceptors (Lipinski definition) is 7. The lowest BCUT2D eigenvalue weighted by Crippen LogP contribution is -2.58. The molecule has 3 rings (SSSR count). The van der Waals surface area contributed by atoms with Gasteiger partial charge in [-0.3, -0.25) is 19.4 Å². The molecule has 0 fully saturated rings. The first-order chi connectivity index (χ1) is 21.1. The highest BCUT2D eigenvalue weighted by Crippen LogP contribution is 2.08. The summed E-state index contributed by atoms with van der Waals surface area (Å²) in [6.45, 7) is 0.204. The molecule has 234 valence electrons. The van der Waals surface area contributed by atoms with Crippen molar-refractivity contribution >= 4 is 29.7 Å². The van der Waals surface area contributed by atoms with Gasteiger partial charge in [-0.2, -0.15) is 0 Å². The third-order valence-electron chi connectivity index (χ3n) is 6.72. The number of amides is 3. The van der Waals surface area contributed by atoms with E-state index in [-0.39, 0.29) is 38.2 Å². The van der Waals surface area contributed by atoms with Crippen LogP contribution in [0.5, 0.6) is 0 Å². The number of aliphatic carboxylic acids is 1. The van der Waals surface area contributed by atoms with Gasteiger partial charge in [-0.25, -0.2) is 9.78 Å². The van der Waals surface area contributed by atoms with Crippen molar-refractivity contribution in [2.75, 3.05) is 6.54 Å². The lowest BCUT2D eigenvalue weighted by molar-refractivity contribution is -0.142. The molecule has 11 N–H and O–H groups in total. The number of carbonyl (C=O) groups excluding carboxylic acids is 3. The van der Waals surface area contributed by atoms with Gasteiger partial charge in [0.1, 0.15) is 18.1 Å². The van der Waals surface area contributed by atoms with Crippen LogP contribution in [0.1, 0.15) is 29.7 Å². The predicted molar refractivity (Wildman–Crippen MR) is 164 cm³/mol. The number of nitrogens with two attached hydrogens (primary N) is 3. The van der Waals surface area contributed by atoms with Gasteiger partial charge in [-0.15, -0.1) is 0 Å². The number of aliphatic imine (C=N–C) groups is 1. The van der Waals surface area contributed by atoms with Crippen LogP contribution < -0.4 is 33.2 Å². The van der Waals surface area contributed by atoms with Crippen molar-refractivity contribution in [2.24, 2.45) is 22.2 Å². The van der Waals surface area contributed by atoms with Crippen LogP contribution in [0.4, 0.5) is 0 Å². The molecule has 1 aromatic heterocycles. The minimum absolute atomic E-state index is 0.0164.